The number of nitrogens with zero attached hydrogens (tertiary/aromatic N) is 3. The summed E-state index contributed by atoms with van der Waals surface area (Å²) in [7, 11) is 1.64. The summed E-state index contributed by atoms with van der Waals surface area (Å²) in [6, 6.07) is 13.6. The van der Waals surface area contributed by atoms with Crippen LogP contribution in [0.1, 0.15) is 18.5 Å². The van der Waals surface area contributed by atoms with Gasteiger partial charge in [-0.05, 0) is 37.1 Å². The zero-order valence-corrected chi connectivity index (χ0v) is 13.1. The minimum Gasteiger partial charge on any atom is -0.493 e. The molecule has 5 heteroatoms. The number of anilines is 1. The highest BCUT2D eigenvalue weighted by Gasteiger charge is 2.24. The van der Waals surface area contributed by atoms with E-state index >= 15 is 0 Å². The Labute approximate surface area is 136 Å². The van der Waals surface area contributed by atoms with Gasteiger partial charge >= 0.3 is 0 Å². The molecule has 1 saturated heterocycles. The molecule has 1 aromatic heterocycles. The van der Waals surface area contributed by atoms with Gasteiger partial charge in [0.2, 0.25) is 0 Å². The van der Waals surface area contributed by atoms with E-state index in [0.717, 1.165) is 43.1 Å². The van der Waals surface area contributed by atoms with Crippen molar-refractivity contribution in [2.45, 2.75) is 18.9 Å². The second-order valence-corrected chi connectivity index (χ2v) is 5.46. The van der Waals surface area contributed by atoms with Crippen LogP contribution >= 0.6 is 0 Å². The van der Waals surface area contributed by atoms with Crippen LogP contribution in [-0.4, -0.2) is 31.3 Å². The van der Waals surface area contributed by atoms with E-state index in [9.17, 15) is 5.26 Å². The Morgan fingerprint density at radius 3 is 2.83 bits per heavy atom. The summed E-state index contributed by atoms with van der Waals surface area (Å²) in [6.07, 6.45) is 3.71. The molecule has 0 bridgehead atoms. The molecule has 5 nitrogen and oxygen atoms in total. The lowest BCUT2D eigenvalue weighted by molar-refractivity contribution is 0.172. The molecular formula is C18H19N3O2. The van der Waals surface area contributed by atoms with E-state index in [-0.39, 0.29) is 6.10 Å². The van der Waals surface area contributed by atoms with Crippen LogP contribution in [0.25, 0.3) is 0 Å². The molecule has 2 heterocycles. The number of benzene rings is 1. The number of rotatable bonds is 4. The number of aromatic nitrogens is 1. The van der Waals surface area contributed by atoms with Gasteiger partial charge in [-0.25, -0.2) is 4.98 Å². The first-order chi connectivity index (χ1) is 11.3. The van der Waals surface area contributed by atoms with Gasteiger partial charge in [0.25, 0.3) is 0 Å². The van der Waals surface area contributed by atoms with Gasteiger partial charge in [0, 0.05) is 12.7 Å². The van der Waals surface area contributed by atoms with Crippen LogP contribution in [0, 0.1) is 11.3 Å². The number of para-hydroxylation sites is 2. The monoisotopic (exact) mass is 309 g/mol. The normalized spacial score (nSPS) is 17.4. The average Bonchev–Trinajstić information content (AvgIpc) is 2.62. The summed E-state index contributed by atoms with van der Waals surface area (Å²) < 4.78 is 11.5. The Morgan fingerprint density at radius 2 is 2.04 bits per heavy atom. The number of nitriles is 1. The van der Waals surface area contributed by atoms with Gasteiger partial charge in [0.15, 0.2) is 17.2 Å². The molecule has 1 aliphatic rings. The number of hydrogen-bond donors (Lipinski definition) is 0. The number of hydrogen-bond acceptors (Lipinski definition) is 5. The Balaban J connectivity index is 1.75. The average molecular weight is 309 g/mol. The lowest BCUT2D eigenvalue weighted by Crippen LogP contribution is -2.41. The summed E-state index contributed by atoms with van der Waals surface area (Å²) in [4.78, 5) is 6.32. The third-order valence-corrected chi connectivity index (χ3v) is 3.97. The molecule has 118 valence electrons. The third-order valence-electron chi connectivity index (χ3n) is 3.97. The van der Waals surface area contributed by atoms with E-state index in [1.165, 1.54) is 0 Å². The molecule has 3 rings (SSSR count). The Morgan fingerprint density at radius 1 is 1.22 bits per heavy atom. The Bertz CT molecular complexity index is 711. The molecule has 0 aliphatic carbocycles. The lowest BCUT2D eigenvalue weighted by Gasteiger charge is -2.34. The maximum Gasteiger partial charge on any atom is 0.163 e. The van der Waals surface area contributed by atoms with Crippen molar-refractivity contribution >= 4 is 5.69 Å². The zero-order chi connectivity index (χ0) is 16.1. The molecule has 0 N–H and O–H groups in total. The van der Waals surface area contributed by atoms with E-state index < -0.39 is 0 Å². The van der Waals surface area contributed by atoms with Gasteiger partial charge in [0.05, 0.1) is 19.3 Å². The minimum atomic E-state index is 0.0619. The number of pyridine rings is 1. The zero-order valence-electron chi connectivity index (χ0n) is 13.1. The van der Waals surface area contributed by atoms with Gasteiger partial charge in [-0.15, -0.1) is 0 Å². The van der Waals surface area contributed by atoms with Gasteiger partial charge < -0.3 is 14.4 Å². The number of methoxy groups -OCH3 is 1. The molecule has 1 atom stereocenters. The van der Waals surface area contributed by atoms with E-state index in [1.807, 2.05) is 36.4 Å². The summed E-state index contributed by atoms with van der Waals surface area (Å²) in [5, 5.41) is 9.23. The molecule has 1 fully saturated rings. The topological polar surface area (TPSA) is 58.4 Å². The third kappa shape index (κ3) is 3.37. The molecule has 2 aromatic rings. The highest BCUT2D eigenvalue weighted by Crippen LogP contribution is 2.30. The first-order valence-corrected chi connectivity index (χ1v) is 7.71. The highest BCUT2D eigenvalue weighted by atomic mass is 16.5. The molecule has 0 radical (unpaired) electrons. The first-order valence-electron chi connectivity index (χ1n) is 7.71. The summed E-state index contributed by atoms with van der Waals surface area (Å²) in [5.41, 5.74) is 1.34. The first kappa shape index (κ1) is 15.2. The second kappa shape index (κ2) is 7.01. The molecule has 1 aromatic carbocycles. The van der Waals surface area contributed by atoms with Gasteiger partial charge in [0.1, 0.15) is 12.2 Å². The summed E-state index contributed by atoms with van der Waals surface area (Å²) >= 11 is 0. The molecular weight excluding hydrogens is 290 g/mol. The van der Waals surface area contributed by atoms with E-state index in [2.05, 4.69) is 16.0 Å². The van der Waals surface area contributed by atoms with Crippen molar-refractivity contribution in [3.8, 4) is 17.6 Å². The molecule has 0 unspecified atom stereocenters. The molecule has 0 amide bonds. The predicted octanol–water partition coefficient (Wildman–Crippen LogP) is 3.01. The SMILES string of the molecule is COc1ccccc1O[C@H]1CCCN(c2cccnc2C#N)C1. The minimum absolute atomic E-state index is 0.0619. The van der Waals surface area contributed by atoms with Crippen molar-refractivity contribution < 1.29 is 9.47 Å². The summed E-state index contributed by atoms with van der Waals surface area (Å²) in [5.74, 6) is 1.50. The van der Waals surface area contributed by atoms with Gasteiger partial charge in [-0.3, -0.25) is 0 Å². The van der Waals surface area contributed by atoms with Crippen molar-refractivity contribution in [3.05, 3.63) is 48.3 Å². The van der Waals surface area contributed by atoms with Crippen molar-refractivity contribution in [3.63, 3.8) is 0 Å². The lowest BCUT2D eigenvalue weighted by atomic mass is 10.1. The fraction of sp³-hybridized carbons (Fsp3) is 0.333. The van der Waals surface area contributed by atoms with Gasteiger partial charge in [-0.2, -0.15) is 5.26 Å². The quantitative estimate of drug-likeness (QED) is 0.869. The summed E-state index contributed by atoms with van der Waals surface area (Å²) in [6.45, 7) is 1.64. The highest BCUT2D eigenvalue weighted by molar-refractivity contribution is 5.56. The van der Waals surface area contributed by atoms with Gasteiger partial charge in [-0.1, -0.05) is 12.1 Å². The van der Waals surface area contributed by atoms with Crippen LogP contribution in [0.3, 0.4) is 0 Å². The van der Waals surface area contributed by atoms with Crippen LogP contribution in [0.15, 0.2) is 42.6 Å². The maximum absolute atomic E-state index is 9.23. The molecule has 0 spiro atoms. The molecule has 1 aliphatic heterocycles. The van der Waals surface area contributed by atoms with Crippen LogP contribution in [-0.2, 0) is 0 Å². The van der Waals surface area contributed by atoms with E-state index in [4.69, 9.17) is 9.47 Å². The Hall–Kier alpha value is -2.74. The van der Waals surface area contributed by atoms with E-state index in [1.54, 1.807) is 13.3 Å². The smallest absolute Gasteiger partial charge is 0.163 e. The van der Waals surface area contributed by atoms with Crippen molar-refractivity contribution in [2.75, 3.05) is 25.1 Å². The Kier molecular flexibility index (Phi) is 4.62. The van der Waals surface area contributed by atoms with Crippen molar-refractivity contribution in [1.82, 2.24) is 4.98 Å². The molecule has 23 heavy (non-hydrogen) atoms. The predicted molar refractivity (Wildman–Crippen MR) is 87.8 cm³/mol. The molecule has 0 saturated carbocycles. The maximum atomic E-state index is 9.23. The van der Waals surface area contributed by atoms with Crippen LogP contribution in [0.2, 0.25) is 0 Å². The van der Waals surface area contributed by atoms with E-state index in [0.29, 0.717) is 5.69 Å². The fourth-order valence-corrected chi connectivity index (χ4v) is 2.89. The standard InChI is InChI=1S/C18H19N3O2/c1-22-17-8-2-3-9-18(17)23-14-6-5-11-21(13-14)16-7-4-10-20-15(16)12-19/h2-4,7-10,14H,5-6,11,13H2,1H3/t14-/m0/s1. The van der Waals surface area contributed by atoms with Crippen LogP contribution in [0.4, 0.5) is 5.69 Å². The van der Waals surface area contributed by atoms with Crippen LogP contribution in [0.5, 0.6) is 11.5 Å². The van der Waals surface area contributed by atoms with Crippen molar-refractivity contribution in [2.24, 2.45) is 0 Å². The fourth-order valence-electron chi connectivity index (χ4n) is 2.89. The van der Waals surface area contributed by atoms with Crippen molar-refractivity contribution in [1.29, 1.82) is 5.26 Å². The van der Waals surface area contributed by atoms with Crippen LogP contribution < -0.4 is 14.4 Å². The largest absolute Gasteiger partial charge is 0.493 e. The number of piperidine rings is 1. The second-order valence-electron chi connectivity index (χ2n) is 5.46. The number of ether oxygens (including phenoxy) is 2.